The summed E-state index contributed by atoms with van der Waals surface area (Å²) in [6, 6.07) is 7.89. The molecule has 0 aliphatic heterocycles. The summed E-state index contributed by atoms with van der Waals surface area (Å²) in [6.07, 6.45) is 0.416. The summed E-state index contributed by atoms with van der Waals surface area (Å²) in [4.78, 5) is 28.1. The Balaban J connectivity index is 1.98. The zero-order chi connectivity index (χ0) is 17.7. The van der Waals surface area contributed by atoms with Gasteiger partial charge in [-0.2, -0.15) is 0 Å². The number of aromatic nitrogens is 1. The van der Waals surface area contributed by atoms with Crippen LogP contribution in [-0.4, -0.2) is 30.1 Å². The lowest BCUT2D eigenvalue weighted by molar-refractivity contribution is -0.123. The lowest BCUT2D eigenvalue weighted by Gasteiger charge is -2.13. The van der Waals surface area contributed by atoms with Crippen LogP contribution in [0, 0.1) is 0 Å². The number of benzene rings is 1. The highest BCUT2D eigenvalue weighted by atomic mass is 79.9. The van der Waals surface area contributed by atoms with E-state index in [0.717, 1.165) is 0 Å². The second kappa shape index (κ2) is 8.12. The monoisotopic (exact) mass is 412 g/mol. The lowest BCUT2D eigenvalue weighted by atomic mass is 10.2. The number of nitrogens with zero attached hydrogens (tertiary/aromatic N) is 1. The highest BCUT2D eigenvalue weighted by Crippen LogP contribution is 2.26. The molecule has 0 fully saturated rings. The summed E-state index contributed by atoms with van der Waals surface area (Å²) >= 11 is 9.01. The molecule has 0 aliphatic carbocycles. The van der Waals surface area contributed by atoms with Crippen LogP contribution in [0.1, 0.15) is 17.3 Å². The van der Waals surface area contributed by atoms with E-state index in [0.29, 0.717) is 26.6 Å². The summed E-state index contributed by atoms with van der Waals surface area (Å²) in [6.45, 7) is 1.47. The number of halogens is 2. The van der Waals surface area contributed by atoms with Crippen LogP contribution in [0.4, 0.5) is 5.82 Å². The van der Waals surface area contributed by atoms with E-state index in [1.165, 1.54) is 20.2 Å². The number of ether oxygens (including phenoxy) is 2. The fourth-order valence-electron chi connectivity index (χ4n) is 1.75. The van der Waals surface area contributed by atoms with E-state index in [9.17, 15) is 9.59 Å². The average molecular weight is 414 g/mol. The molecule has 0 radical (unpaired) electrons. The van der Waals surface area contributed by atoms with Crippen LogP contribution in [0.15, 0.2) is 41.0 Å². The molecule has 2 rings (SSSR count). The minimum absolute atomic E-state index is 0.298. The molecule has 0 spiro atoms. The number of anilines is 1. The highest BCUT2D eigenvalue weighted by Gasteiger charge is 2.20. The van der Waals surface area contributed by atoms with E-state index in [1.807, 2.05) is 0 Å². The summed E-state index contributed by atoms with van der Waals surface area (Å²) < 4.78 is 10.9. The van der Waals surface area contributed by atoms with Gasteiger partial charge in [0.15, 0.2) is 6.10 Å². The minimum atomic E-state index is -0.990. The van der Waals surface area contributed by atoms with Gasteiger partial charge in [-0.3, -0.25) is 4.79 Å². The Hall–Kier alpha value is -2.12. The summed E-state index contributed by atoms with van der Waals surface area (Å²) in [7, 11) is 1.52. The van der Waals surface area contributed by atoms with Crippen molar-refractivity contribution in [3.05, 3.63) is 51.6 Å². The number of carbonyl (C=O) groups is 2. The largest absolute Gasteiger partial charge is 0.496 e. The first-order chi connectivity index (χ1) is 11.4. The molecule has 1 N–H and O–H groups in total. The van der Waals surface area contributed by atoms with Crippen molar-refractivity contribution in [1.29, 1.82) is 0 Å². The van der Waals surface area contributed by atoms with E-state index < -0.39 is 18.0 Å². The van der Waals surface area contributed by atoms with Gasteiger partial charge in [0.2, 0.25) is 0 Å². The molecule has 0 bridgehead atoms. The van der Waals surface area contributed by atoms with Crippen LogP contribution in [0.3, 0.4) is 0 Å². The van der Waals surface area contributed by atoms with Gasteiger partial charge in [0.25, 0.3) is 5.91 Å². The molecule has 0 saturated carbocycles. The van der Waals surface area contributed by atoms with Gasteiger partial charge in [-0.15, -0.1) is 0 Å². The van der Waals surface area contributed by atoms with Crippen molar-refractivity contribution in [2.24, 2.45) is 0 Å². The highest BCUT2D eigenvalue weighted by molar-refractivity contribution is 9.10. The third kappa shape index (κ3) is 4.69. The fourth-order valence-corrected chi connectivity index (χ4v) is 2.41. The maximum Gasteiger partial charge on any atom is 0.338 e. The molecule has 126 valence electrons. The van der Waals surface area contributed by atoms with Gasteiger partial charge < -0.3 is 14.8 Å². The first kappa shape index (κ1) is 18.2. The molecule has 24 heavy (non-hydrogen) atoms. The summed E-state index contributed by atoms with van der Waals surface area (Å²) in [5, 5.41) is 3.00. The molecule has 2 aromatic rings. The zero-order valence-electron chi connectivity index (χ0n) is 12.9. The van der Waals surface area contributed by atoms with Crippen molar-refractivity contribution in [2.75, 3.05) is 12.4 Å². The van der Waals surface area contributed by atoms with Gasteiger partial charge in [-0.1, -0.05) is 11.6 Å². The van der Waals surface area contributed by atoms with Crippen molar-refractivity contribution < 1.29 is 19.1 Å². The third-order valence-electron chi connectivity index (χ3n) is 3.02. The Morgan fingerprint density at radius 3 is 2.62 bits per heavy atom. The quantitative estimate of drug-likeness (QED) is 0.757. The maximum atomic E-state index is 12.1. The number of rotatable bonds is 5. The number of nitrogens with one attached hydrogen (secondary N) is 1. The Kier molecular flexibility index (Phi) is 6.16. The molecule has 6 nitrogen and oxygen atoms in total. The predicted molar refractivity (Wildman–Crippen MR) is 93.4 cm³/mol. The van der Waals surface area contributed by atoms with Gasteiger partial charge >= 0.3 is 5.97 Å². The first-order valence-corrected chi connectivity index (χ1v) is 8.04. The van der Waals surface area contributed by atoms with Crippen LogP contribution in [0.5, 0.6) is 5.75 Å². The summed E-state index contributed by atoms with van der Waals surface area (Å²) in [5.74, 6) is -0.207. The molecule has 1 aromatic carbocycles. The second-order valence-corrected chi connectivity index (χ2v) is 6.04. The predicted octanol–water partition coefficient (Wildman–Crippen LogP) is 3.69. The number of esters is 1. The van der Waals surface area contributed by atoms with Gasteiger partial charge in [0.05, 0.1) is 22.2 Å². The molecule has 0 saturated heterocycles. The van der Waals surface area contributed by atoms with Crippen molar-refractivity contribution in [2.45, 2.75) is 13.0 Å². The topological polar surface area (TPSA) is 77.5 Å². The van der Waals surface area contributed by atoms with E-state index in [2.05, 4.69) is 26.2 Å². The van der Waals surface area contributed by atoms with Crippen LogP contribution in [-0.2, 0) is 9.53 Å². The van der Waals surface area contributed by atoms with Gasteiger partial charge in [0, 0.05) is 6.20 Å². The number of carbonyl (C=O) groups excluding carboxylic acids is 2. The maximum absolute atomic E-state index is 12.1. The van der Waals surface area contributed by atoms with Crippen LogP contribution < -0.4 is 10.1 Å². The molecule has 1 amide bonds. The number of pyridine rings is 1. The van der Waals surface area contributed by atoms with Crippen molar-refractivity contribution in [3.8, 4) is 5.75 Å². The molecule has 0 unspecified atom stereocenters. The molecular weight excluding hydrogens is 400 g/mol. The Morgan fingerprint density at radius 1 is 1.29 bits per heavy atom. The van der Waals surface area contributed by atoms with E-state index in [-0.39, 0.29) is 0 Å². The molecule has 1 atom stereocenters. The fraction of sp³-hybridized carbons (Fsp3) is 0.188. The number of hydrogen-bond acceptors (Lipinski definition) is 5. The van der Waals surface area contributed by atoms with Crippen molar-refractivity contribution >= 4 is 45.2 Å². The number of hydrogen-bond donors (Lipinski definition) is 1. The van der Waals surface area contributed by atoms with Crippen LogP contribution in [0.2, 0.25) is 5.02 Å². The third-order valence-corrected chi connectivity index (χ3v) is 3.86. The van der Waals surface area contributed by atoms with Crippen LogP contribution >= 0.6 is 27.5 Å². The number of amides is 1. The summed E-state index contributed by atoms with van der Waals surface area (Å²) in [5.41, 5.74) is 0.298. The van der Waals surface area contributed by atoms with Gasteiger partial charge in [-0.05, 0) is 53.2 Å². The zero-order valence-corrected chi connectivity index (χ0v) is 15.2. The Labute approximate surface area is 152 Å². The van der Waals surface area contributed by atoms with E-state index in [1.54, 1.807) is 30.3 Å². The molecule has 1 heterocycles. The second-order valence-electron chi connectivity index (χ2n) is 4.75. The first-order valence-electron chi connectivity index (χ1n) is 6.87. The lowest BCUT2D eigenvalue weighted by Crippen LogP contribution is -2.30. The number of methoxy groups -OCH3 is 1. The smallest absolute Gasteiger partial charge is 0.338 e. The molecule has 0 aliphatic rings. The Bertz CT molecular complexity index is 752. The Morgan fingerprint density at radius 2 is 2.04 bits per heavy atom. The van der Waals surface area contributed by atoms with Gasteiger partial charge in [0.1, 0.15) is 11.6 Å². The molecule has 8 heteroatoms. The molecule has 1 aromatic heterocycles. The van der Waals surface area contributed by atoms with Gasteiger partial charge in [-0.25, -0.2) is 9.78 Å². The van der Waals surface area contributed by atoms with E-state index in [4.69, 9.17) is 21.1 Å². The van der Waals surface area contributed by atoms with Crippen molar-refractivity contribution in [1.82, 2.24) is 4.98 Å². The minimum Gasteiger partial charge on any atom is -0.496 e. The van der Waals surface area contributed by atoms with Crippen molar-refractivity contribution in [3.63, 3.8) is 0 Å². The molecular formula is C16H14BrClN2O4. The average Bonchev–Trinajstić information content (AvgIpc) is 2.56. The SMILES string of the molecule is COc1ccc(C(=O)O[C@H](C)C(=O)Nc2ccc(Cl)cn2)cc1Br. The normalized spacial score (nSPS) is 11.5. The standard InChI is InChI=1S/C16H14BrClN2O4/c1-9(15(21)20-14-6-4-11(18)8-19-14)24-16(22)10-3-5-13(23-2)12(17)7-10/h3-9H,1-2H3,(H,19,20,21)/t9-/m1/s1. The van der Waals surface area contributed by atoms with E-state index >= 15 is 0 Å². The van der Waals surface area contributed by atoms with Crippen LogP contribution in [0.25, 0.3) is 0 Å².